The molecule has 1 fully saturated rings. The molecule has 1 N–H and O–H groups in total. The summed E-state index contributed by atoms with van der Waals surface area (Å²) in [4.78, 5) is 22.5. The van der Waals surface area contributed by atoms with Gasteiger partial charge < -0.3 is 0 Å². The number of unbranched alkanes of at least 4 members (excludes halogenated alkanes) is 13. The van der Waals surface area contributed by atoms with Crippen molar-refractivity contribution in [2.45, 2.75) is 110 Å². The molecule has 1 atom stereocenters. The molecule has 1 aliphatic rings. The van der Waals surface area contributed by atoms with Crippen LogP contribution < -0.4 is 5.32 Å². The maximum absolute atomic E-state index is 11.4. The number of carbonyl (C=O) groups is 2. The summed E-state index contributed by atoms with van der Waals surface area (Å²) in [5.41, 5.74) is 0. The molecule has 1 heterocycles. The zero-order valence-corrected chi connectivity index (χ0v) is 16.4. The van der Waals surface area contributed by atoms with Crippen molar-refractivity contribution >= 4 is 11.8 Å². The van der Waals surface area contributed by atoms with Crippen molar-refractivity contribution < 1.29 is 9.59 Å². The molecule has 144 valence electrons. The zero-order valence-electron chi connectivity index (χ0n) is 16.4. The van der Waals surface area contributed by atoms with Crippen LogP contribution in [0.4, 0.5) is 0 Å². The van der Waals surface area contributed by atoms with E-state index >= 15 is 0 Å². The summed E-state index contributed by atoms with van der Waals surface area (Å²) in [5, 5.41) is 2.36. The van der Waals surface area contributed by atoms with Gasteiger partial charge >= 0.3 is 0 Å². The molecule has 2 amide bonds. The molecule has 25 heavy (non-hydrogen) atoms. The lowest BCUT2D eigenvalue weighted by Crippen LogP contribution is -2.21. The van der Waals surface area contributed by atoms with Crippen LogP contribution in [0.25, 0.3) is 0 Å². The van der Waals surface area contributed by atoms with Gasteiger partial charge in [0, 0.05) is 6.42 Å². The molecule has 0 aromatic carbocycles. The Morgan fingerprint density at radius 2 is 1.32 bits per heavy atom. The Morgan fingerprint density at radius 3 is 1.80 bits per heavy atom. The van der Waals surface area contributed by atoms with Crippen LogP contribution in [0.1, 0.15) is 110 Å². The number of carbonyl (C=O) groups excluding carboxylic acids is 2. The highest BCUT2D eigenvalue weighted by atomic mass is 16.2. The molecule has 0 radical (unpaired) electrons. The van der Waals surface area contributed by atoms with Gasteiger partial charge in [0.2, 0.25) is 11.8 Å². The summed E-state index contributed by atoms with van der Waals surface area (Å²) in [7, 11) is 0. The smallest absolute Gasteiger partial charge is 0.230 e. The Balaban J connectivity index is 1.78. The highest BCUT2D eigenvalue weighted by Crippen LogP contribution is 2.16. The summed E-state index contributed by atoms with van der Waals surface area (Å²) >= 11 is 0. The highest BCUT2D eigenvalue weighted by molar-refractivity contribution is 6.03. The molecule has 1 saturated heterocycles. The SMILES string of the molecule is CCCCCCCCCCCCCCC/C=C/CC1CC(=O)NC1=O. The number of nitrogens with one attached hydrogen (secondary N) is 1. The number of rotatable bonds is 16. The van der Waals surface area contributed by atoms with Gasteiger partial charge in [-0.1, -0.05) is 96.1 Å². The molecular weight excluding hydrogens is 310 g/mol. The van der Waals surface area contributed by atoms with Crippen molar-refractivity contribution in [1.82, 2.24) is 5.32 Å². The lowest BCUT2D eigenvalue weighted by atomic mass is 10.0. The average molecular weight is 350 g/mol. The first-order valence-electron chi connectivity index (χ1n) is 10.7. The largest absolute Gasteiger partial charge is 0.296 e. The summed E-state index contributed by atoms with van der Waals surface area (Å²) < 4.78 is 0. The van der Waals surface area contributed by atoms with Gasteiger partial charge in [-0.25, -0.2) is 0 Å². The van der Waals surface area contributed by atoms with Gasteiger partial charge in [0.1, 0.15) is 0 Å². The quantitative estimate of drug-likeness (QED) is 0.209. The lowest BCUT2D eigenvalue weighted by Gasteiger charge is -2.02. The number of imide groups is 1. The van der Waals surface area contributed by atoms with Crippen molar-refractivity contribution in [3.63, 3.8) is 0 Å². The fourth-order valence-corrected chi connectivity index (χ4v) is 3.46. The summed E-state index contributed by atoms with van der Waals surface area (Å²) in [6.45, 7) is 2.27. The molecule has 1 rings (SSSR count). The highest BCUT2D eigenvalue weighted by Gasteiger charge is 2.28. The third kappa shape index (κ3) is 12.0. The lowest BCUT2D eigenvalue weighted by molar-refractivity contribution is -0.125. The first-order chi connectivity index (χ1) is 12.2. The second-order valence-corrected chi connectivity index (χ2v) is 7.55. The van der Waals surface area contributed by atoms with E-state index in [1.807, 2.05) is 0 Å². The standard InChI is InChI=1S/C22H39NO2/c1-2-3-4-5-6-7-8-9-10-11-12-13-14-15-16-17-18-20-19-21(24)23-22(20)25/h16-17,20H,2-15,18-19H2,1H3,(H,23,24,25)/b17-16+. The molecule has 3 nitrogen and oxygen atoms in total. The Morgan fingerprint density at radius 1 is 0.800 bits per heavy atom. The van der Waals surface area contributed by atoms with E-state index in [2.05, 4.69) is 24.4 Å². The van der Waals surface area contributed by atoms with Crippen molar-refractivity contribution in [2.24, 2.45) is 5.92 Å². The molecule has 3 heteroatoms. The predicted octanol–water partition coefficient (Wildman–Crippen LogP) is 6.08. The van der Waals surface area contributed by atoms with Gasteiger partial charge in [-0.15, -0.1) is 0 Å². The van der Waals surface area contributed by atoms with Crippen molar-refractivity contribution in [3.8, 4) is 0 Å². The maximum Gasteiger partial charge on any atom is 0.230 e. The van der Waals surface area contributed by atoms with E-state index in [0.717, 1.165) is 6.42 Å². The van der Waals surface area contributed by atoms with E-state index in [9.17, 15) is 9.59 Å². The number of hydrogen-bond acceptors (Lipinski definition) is 2. The van der Waals surface area contributed by atoms with Crippen LogP contribution in [0.2, 0.25) is 0 Å². The van der Waals surface area contributed by atoms with Gasteiger partial charge in [-0.3, -0.25) is 14.9 Å². The molecule has 0 aromatic rings. The van der Waals surface area contributed by atoms with E-state index in [1.165, 1.54) is 83.5 Å². The molecule has 0 spiro atoms. The number of allylic oxidation sites excluding steroid dienone is 2. The van der Waals surface area contributed by atoms with E-state index in [1.54, 1.807) is 0 Å². The molecule has 1 unspecified atom stereocenters. The van der Waals surface area contributed by atoms with Crippen LogP contribution in [0.15, 0.2) is 12.2 Å². The molecule has 0 saturated carbocycles. The predicted molar refractivity (Wildman–Crippen MR) is 105 cm³/mol. The molecule has 0 aliphatic carbocycles. The first kappa shape index (κ1) is 21.9. The topological polar surface area (TPSA) is 46.2 Å². The monoisotopic (exact) mass is 349 g/mol. The van der Waals surface area contributed by atoms with Gasteiger partial charge in [0.05, 0.1) is 5.92 Å². The summed E-state index contributed by atoms with van der Waals surface area (Å²) in [5.74, 6) is -0.356. The van der Waals surface area contributed by atoms with Crippen molar-refractivity contribution in [3.05, 3.63) is 12.2 Å². The Labute approximate surface area is 155 Å². The number of amides is 2. The summed E-state index contributed by atoms with van der Waals surface area (Å²) in [6.07, 6.45) is 24.4. The van der Waals surface area contributed by atoms with E-state index in [-0.39, 0.29) is 17.7 Å². The van der Waals surface area contributed by atoms with Crippen molar-refractivity contribution in [1.29, 1.82) is 0 Å². The molecule has 0 aromatic heterocycles. The second-order valence-electron chi connectivity index (χ2n) is 7.55. The van der Waals surface area contributed by atoms with E-state index in [0.29, 0.717) is 12.8 Å². The second kappa shape index (κ2) is 15.2. The Hall–Kier alpha value is -1.12. The van der Waals surface area contributed by atoms with E-state index in [4.69, 9.17) is 0 Å². The molecular formula is C22H39NO2. The third-order valence-corrected chi connectivity index (χ3v) is 5.13. The van der Waals surface area contributed by atoms with Crippen LogP contribution in [0.3, 0.4) is 0 Å². The van der Waals surface area contributed by atoms with Crippen LogP contribution in [-0.4, -0.2) is 11.8 Å². The van der Waals surface area contributed by atoms with Gasteiger partial charge in [-0.05, 0) is 19.3 Å². The fraction of sp³-hybridized carbons (Fsp3) is 0.818. The average Bonchev–Trinajstić information content (AvgIpc) is 2.92. The van der Waals surface area contributed by atoms with Gasteiger partial charge in [-0.2, -0.15) is 0 Å². The van der Waals surface area contributed by atoms with Crippen LogP contribution in [-0.2, 0) is 9.59 Å². The molecule has 1 aliphatic heterocycles. The third-order valence-electron chi connectivity index (χ3n) is 5.13. The minimum Gasteiger partial charge on any atom is -0.296 e. The normalized spacial score (nSPS) is 17.6. The van der Waals surface area contributed by atoms with Crippen LogP contribution >= 0.6 is 0 Å². The van der Waals surface area contributed by atoms with E-state index < -0.39 is 0 Å². The van der Waals surface area contributed by atoms with Crippen LogP contribution in [0.5, 0.6) is 0 Å². The van der Waals surface area contributed by atoms with Gasteiger partial charge in [0.15, 0.2) is 0 Å². The number of hydrogen-bond donors (Lipinski definition) is 1. The first-order valence-corrected chi connectivity index (χ1v) is 10.7. The zero-order chi connectivity index (χ0) is 18.2. The van der Waals surface area contributed by atoms with Crippen molar-refractivity contribution in [2.75, 3.05) is 0 Å². The Bertz CT molecular complexity index is 389. The summed E-state index contributed by atoms with van der Waals surface area (Å²) in [6, 6.07) is 0. The minimum absolute atomic E-state index is 0.101. The minimum atomic E-state index is -0.129. The maximum atomic E-state index is 11.4. The fourth-order valence-electron chi connectivity index (χ4n) is 3.46. The van der Waals surface area contributed by atoms with Crippen LogP contribution in [0, 0.1) is 5.92 Å². The van der Waals surface area contributed by atoms with Gasteiger partial charge in [0.25, 0.3) is 0 Å². The molecule has 0 bridgehead atoms. The Kier molecular flexibility index (Phi) is 13.3.